The van der Waals surface area contributed by atoms with Crippen LogP contribution in [-0.4, -0.2) is 47.0 Å². The molecule has 0 aliphatic carbocycles. The number of hydrogen-bond acceptors (Lipinski definition) is 7. The monoisotopic (exact) mass is 252 g/mol. The number of tetrazole rings is 1. The van der Waals surface area contributed by atoms with Crippen molar-refractivity contribution in [1.29, 1.82) is 0 Å². The van der Waals surface area contributed by atoms with Crippen LogP contribution in [0.15, 0.2) is 23.7 Å². The molecule has 1 N–H and O–H groups in total. The van der Waals surface area contributed by atoms with Gasteiger partial charge in [-0.1, -0.05) is 11.8 Å². The smallest absolute Gasteiger partial charge is 0.313 e. The first-order chi connectivity index (χ1) is 8.25. The summed E-state index contributed by atoms with van der Waals surface area (Å²) in [5.41, 5.74) is 0.754. The van der Waals surface area contributed by atoms with Crippen molar-refractivity contribution in [2.24, 2.45) is 0 Å². The Morgan fingerprint density at radius 2 is 2.41 bits per heavy atom. The van der Waals surface area contributed by atoms with Gasteiger partial charge < -0.3 is 5.11 Å². The van der Waals surface area contributed by atoms with Crippen molar-refractivity contribution in [3.05, 3.63) is 24.3 Å². The van der Waals surface area contributed by atoms with Crippen molar-refractivity contribution < 1.29 is 9.90 Å². The molecular weight excluding hydrogens is 244 g/mol. The second-order valence-corrected chi connectivity index (χ2v) is 3.94. The van der Waals surface area contributed by atoms with E-state index < -0.39 is 5.97 Å². The molecule has 2 heterocycles. The third kappa shape index (κ3) is 3.21. The summed E-state index contributed by atoms with van der Waals surface area (Å²) in [6, 6.07) is 1.74. The number of hydrogen-bond donors (Lipinski definition) is 1. The van der Waals surface area contributed by atoms with Crippen molar-refractivity contribution in [3.63, 3.8) is 0 Å². The zero-order valence-corrected chi connectivity index (χ0v) is 9.41. The highest BCUT2D eigenvalue weighted by Crippen LogP contribution is 2.13. The minimum atomic E-state index is -0.911. The fourth-order valence-corrected chi connectivity index (χ4v) is 1.69. The average molecular weight is 252 g/mol. The van der Waals surface area contributed by atoms with E-state index in [1.165, 1.54) is 11.0 Å². The van der Waals surface area contributed by atoms with Crippen molar-refractivity contribution in [2.75, 3.05) is 5.75 Å². The molecule has 0 radical (unpaired) electrons. The van der Waals surface area contributed by atoms with E-state index in [0.717, 1.165) is 17.5 Å². The summed E-state index contributed by atoms with van der Waals surface area (Å²) in [6.07, 6.45) is 3.06. The van der Waals surface area contributed by atoms with Crippen molar-refractivity contribution in [1.82, 2.24) is 30.2 Å². The Morgan fingerprint density at radius 3 is 3.12 bits per heavy atom. The number of aliphatic carboxylic acids is 1. The van der Waals surface area contributed by atoms with E-state index in [9.17, 15) is 4.79 Å². The number of aromatic nitrogens is 6. The third-order valence-corrected chi connectivity index (χ3v) is 2.72. The third-order valence-electron chi connectivity index (χ3n) is 1.78. The number of nitrogens with zero attached hydrogens (tertiary/aromatic N) is 6. The maximum Gasteiger partial charge on any atom is 0.313 e. The predicted molar refractivity (Wildman–Crippen MR) is 57.3 cm³/mol. The highest BCUT2D eigenvalue weighted by atomic mass is 32.2. The molecule has 2 aromatic rings. The van der Waals surface area contributed by atoms with Gasteiger partial charge in [-0.2, -0.15) is 0 Å². The molecule has 9 heteroatoms. The lowest BCUT2D eigenvalue weighted by Gasteiger charge is -2.01. The van der Waals surface area contributed by atoms with Gasteiger partial charge in [0.25, 0.3) is 0 Å². The lowest BCUT2D eigenvalue weighted by molar-refractivity contribution is -0.133. The van der Waals surface area contributed by atoms with Crippen LogP contribution in [0.1, 0.15) is 5.69 Å². The molecular formula is C8H8N6O2S. The molecule has 0 aromatic carbocycles. The summed E-state index contributed by atoms with van der Waals surface area (Å²) in [6.45, 7) is 0.386. The molecule has 0 amide bonds. The molecule has 88 valence electrons. The first kappa shape index (κ1) is 11.5. The topological polar surface area (TPSA) is 107 Å². The van der Waals surface area contributed by atoms with E-state index in [-0.39, 0.29) is 5.75 Å². The van der Waals surface area contributed by atoms with Crippen LogP contribution in [0, 0.1) is 0 Å². The van der Waals surface area contributed by atoms with Crippen LogP contribution < -0.4 is 0 Å². The zero-order valence-electron chi connectivity index (χ0n) is 8.59. The van der Waals surface area contributed by atoms with Gasteiger partial charge in [0.1, 0.15) is 6.33 Å². The quantitative estimate of drug-likeness (QED) is 0.722. The second-order valence-electron chi connectivity index (χ2n) is 3.00. The first-order valence-corrected chi connectivity index (χ1v) is 5.60. The second kappa shape index (κ2) is 5.34. The lowest BCUT2D eigenvalue weighted by Crippen LogP contribution is -2.07. The Balaban J connectivity index is 2.06. The maximum absolute atomic E-state index is 10.4. The largest absolute Gasteiger partial charge is 0.481 e. The van der Waals surface area contributed by atoms with E-state index in [2.05, 4.69) is 25.5 Å². The van der Waals surface area contributed by atoms with Crippen LogP contribution in [0.4, 0.5) is 0 Å². The van der Waals surface area contributed by atoms with Gasteiger partial charge in [0.15, 0.2) is 0 Å². The zero-order chi connectivity index (χ0) is 12.1. The highest BCUT2D eigenvalue weighted by molar-refractivity contribution is 7.99. The summed E-state index contributed by atoms with van der Waals surface area (Å²) < 4.78 is 1.50. The SMILES string of the molecule is O=C(O)CSc1nnnn1Cc1ccncn1. The van der Waals surface area contributed by atoms with Gasteiger partial charge >= 0.3 is 5.97 Å². The molecule has 0 unspecified atom stereocenters. The molecule has 0 spiro atoms. The van der Waals surface area contributed by atoms with Crippen LogP contribution in [0.5, 0.6) is 0 Å². The van der Waals surface area contributed by atoms with Crippen LogP contribution in [0.2, 0.25) is 0 Å². The van der Waals surface area contributed by atoms with E-state index in [1.54, 1.807) is 12.3 Å². The number of rotatable bonds is 5. The van der Waals surface area contributed by atoms with Gasteiger partial charge in [-0.25, -0.2) is 14.6 Å². The minimum absolute atomic E-state index is 0.0792. The average Bonchev–Trinajstić information content (AvgIpc) is 2.75. The minimum Gasteiger partial charge on any atom is -0.481 e. The van der Waals surface area contributed by atoms with Crippen molar-refractivity contribution >= 4 is 17.7 Å². The predicted octanol–water partition coefficient (Wildman–Crippen LogP) is -0.312. The Hall–Kier alpha value is -2.03. The van der Waals surface area contributed by atoms with Crippen LogP contribution in [0.3, 0.4) is 0 Å². The molecule has 0 fully saturated rings. The van der Waals surface area contributed by atoms with Gasteiger partial charge in [0.2, 0.25) is 5.16 Å². The summed E-state index contributed by atoms with van der Waals surface area (Å²) in [4.78, 5) is 18.3. The molecule has 17 heavy (non-hydrogen) atoms. The number of carboxylic acids is 1. The lowest BCUT2D eigenvalue weighted by atomic mass is 10.4. The first-order valence-electron chi connectivity index (χ1n) is 4.61. The molecule has 0 aliphatic rings. The summed E-state index contributed by atoms with van der Waals surface area (Å²) in [7, 11) is 0. The van der Waals surface area contributed by atoms with E-state index >= 15 is 0 Å². The van der Waals surface area contributed by atoms with E-state index in [4.69, 9.17) is 5.11 Å². The molecule has 0 aliphatic heterocycles. The fourth-order valence-electron chi connectivity index (χ4n) is 1.09. The van der Waals surface area contributed by atoms with E-state index in [1.807, 2.05) is 0 Å². The molecule has 0 atom stereocenters. The fraction of sp³-hybridized carbons (Fsp3) is 0.250. The van der Waals surface area contributed by atoms with E-state index in [0.29, 0.717) is 11.7 Å². The van der Waals surface area contributed by atoms with Gasteiger partial charge in [0, 0.05) is 6.20 Å². The number of carbonyl (C=O) groups is 1. The summed E-state index contributed by atoms with van der Waals surface area (Å²) >= 11 is 1.06. The van der Waals surface area contributed by atoms with Crippen molar-refractivity contribution in [3.8, 4) is 0 Å². The molecule has 0 saturated heterocycles. The van der Waals surface area contributed by atoms with Crippen LogP contribution >= 0.6 is 11.8 Å². The molecule has 0 bridgehead atoms. The Kier molecular flexibility index (Phi) is 3.60. The van der Waals surface area contributed by atoms with Gasteiger partial charge in [0.05, 0.1) is 18.0 Å². The normalized spacial score (nSPS) is 10.4. The molecule has 2 rings (SSSR count). The Bertz CT molecular complexity index is 502. The van der Waals surface area contributed by atoms with Gasteiger partial charge in [-0.15, -0.1) is 5.10 Å². The summed E-state index contributed by atoms with van der Waals surface area (Å²) in [5, 5.41) is 20.0. The van der Waals surface area contributed by atoms with Crippen molar-refractivity contribution in [2.45, 2.75) is 11.7 Å². The Morgan fingerprint density at radius 1 is 1.53 bits per heavy atom. The Labute approximate surface area is 100 Å². The van der Waals surface area contributed by atoms with Crippen LogP contribution in [0.25, 0.3) is 0 Å². The van der Waals surface area contributed by atoms with Gasteiger partial charge in [-0.05, 0) is 16.5 Å². The summed E-state index contributed by atoms with van der Waals surface area (Å²) in [5.74, 6) is -0.990. The van der Waals surface area contributed by atoms with Crippen LogP contribution in [-0.2, 0) is 11.3 Å². The number of carboxylic acid groups (broad SMARTS) is 1. The maximum atomic E-state index is 10.4. The standard InChI is InChI=1S/C8H8N6O2S/c15-7(16)4-17-8-11-12-13-14(8)3-6-1-2-9-5-10-6/h1-2,5H,3-4H2,(H,15,16). The highest BCUT2D eigenvalue weighted by Gasteiger charge is 2.09. The number of thioether (sulfide) groups is 1. The molecule has 8 nitrogen and oxygen atoms in total. The molecule has 2 aromatic heterocycles. The molecule has 0 saturated carbocycles. The van der Waals surface area contributed by atoms with Gasteiger partial charge in [-0.3, -0.25) is 4.79 Å².